The fourth-order valence-electron chi connectivity index (χ4n) is 1.22. The normalized spacial score (nSPS) is 12.9. The van der Waals surface area contributed by atoms with Gasteiger partial charge in [0.25, 0.3) is 0 Å². The summed E-state index contributed by atoms with van der Waals surface area (Å²) >= 11 is 0. The van der Waals surface area contributed by atoms with Gasteiger partial charge in [0.2, 0.25) is 0 Å². The Balaban J connectivity index is 3.59. The minimum Gasteiger partial charge on any atom is -0.469 e. The Labute approximate surface area is 85.9 Å². The maximum absolute atomic E-state index is 10.8. The third kappa shape index (κ3) is 6.86. The van der Waals surface area contributed by atoms with Crippen LogP contribution in [-0.2, 0) is 9.53 Å². The predicted molar refractivity (Wildman–Crippen MR) is 55.0 cm³/mol. The molecule has 0 bridgehead atoms. The zero-order chi connectivity index (χ0) is 11.0. The first kappa shape index (κ1) is 13.4. The minimum atomic E-state index is -0.621. The molecule has 0 aromatic carbocycles. The van der Waals surface area contributed by atoms with E-state index in [-0.39, 0.29) is 12.4 Å². The Kier molecular flexibility index (Phi) is 7.42. The lowest BCUT2D eigenvalue weighted by Crippen LogP contribution is -2.31. The van der Waals surface area contributed by atoms with Crippen LogP contribution in [0.1, 0.15) is 26.2 Å². The van der Waals surface area contributed by atoms with E-state index in [1.54, 1.807) is 0 Å². The highest BCUT2D eigenvalue weighted by molar-refractivity contribution is 5.69. The van der Waals surface area contributed by atoms with E-state index in [1.165, 1.54) is 7.11 Å². The molecule has 0 aliphatic heterocycles. The van der Waals surface area contributed by atoms with Crippen molar-refractivity contribution < 1.29 is 14.6 Å². The molecule has 0 aliphatic carbocycles. The van der Waals surface area contributed by atoms with Crippen molar-refractivity contribution in [2.24, 2.45) is 0 Å². The summed E-state index contributed by atoms with van der Waals surface area (Å²) in [6.07, 6.45) is 1.70. The summed E-state index contributed by atoms with van der Waals surface area (Å²) in [7, 11) is 3.27. The summed E-state index contributed by atoms with van der Waals surface area (Å²) < 4.78 is 4.47. The monoisotopic (exact) mass is 203 g/mol. The summed E-state index contributed by atoms with van der Waals surface area (Å²) in [5, 5.41) is 9.48. The number of rotatable bonds is 7. The number of carbonyl (C=O) groups is 1. The van der Waals surface area contributed by atoms with E-state index in [1.807, 2.05) is 11.9 Å². The molecular weight excluding hydrogens is 182 g/mol. The summed E-state index contributed by atoms with van der Waals surface area (Å²) in [6.45, 7) is 3.60. The summed E-state index contributed by atoms with van der Waals surface area (Å²) in [5.74, 6) is -0.360. The molecule has 0 aliphatic rings. The average molecular weight is 203 g/mol. The van der Waals surface area contributed by atoms with Gasteiger partial charge in [0.05, 0.1) is 19.6 Å². The fourth-order valence-corrected chi connectivity index (χ4v) is 1.22. The molecule has 0 spiro atoms. The Hall–Kier alpha value is -0.610. The van der Waals surface area contributed by atoms with E-state index in [0.29, 0.717) is 6.54 Å². The van der Waals surface area contributed by atoms with Crippen molar-refractivity contribution in [2.75, 3.05) is 27.2 Å². The fraction of sp³-hybridized carbons (Fsp3) is 0.900. The van der Waals surface area contributed by atoms with Crippen molar-refractivity contribution in [1.29, 1.82) is 0 Å². The first-order chi connectivity index (χ1) is 6.60. The second-order valence-corrected chi connectivity index (χ2v) is 3.55. The van der Waals surface area contributed by atoms with Crippen LogP contribution in [0.4, 0.5) is 0 Å². The third-order valence-electron chi connectivity index (χ3n) is 2.05. The Morgan fingerprint density at radius 3 is 2.71 bits per heavy atom. The number of hydrogen-bond donors (Lipinski definition) is 1. The number of nitrogens with zero attached hydrogens (tertiary/aromatic N) is 1. The molecule has 0 radical (unpaired) electrons. The molecule has 0 aromatic rings. The molecular formula is C10H21NO3. The highest BCUT2D eigenvalue weighted by Gasteiger charge is 2.12. The highest BCUT2D eigenvalue weighted by atomic mass is 16.5. The molecule has 1 atom stereocenters. The average Bonchev–Trinajstić information content (AvgIpc) is 2.14. The van der Waals surface area contributed by atoms with Crippen LogP contribution in [0.25, 0.3) is 0 Å². The van der Waals surface area contributed by atoms with Gasteiger partial charge in [0, 0.05) is 6.54 Å². The number of aliphatic hydroxyl groups is 1. The topological polar surface area (TPSA) is 49.8 Å². The lowest BCUT2D eigenvalue weighted by molar-refractivity contribution is -0.143. The van der Waals surface area contributed by atoms with Crippen LogP contribution in [0.15, 0.2) is 0 Å². The standard InChI is InChI=1S/C10H21NO3/c1-4-5-6-11(2)8-9(12)7-10(13)14-3/h9,12H,4-8H2,1-3H3. The van der Waals surface area contributed by atoms with Crippen LogP contribution in [0, 0.1) is 0 Å². The van der Waals surface area contributed by atoms with Crippen molar-refractivity contribution in [3.63, 3.8) is 0 Å². The number of likely N-dealkylation sites (N-methyl/N-ethyl adjacent to an activating group) is 1. The smallest absolute Gasteiger partial charge is 0.308 e. The first-order valence-corrected chi connectivity index (χ1v) is 5.03. The van der Waals surface area contributed by atoms with E-state index in [2.05, 4.69) is 11.7 Å². The molecule has 0 fully saturated rings. The molecule has 14 heavy (non-hydrogen) atoms. The molecule has 1 unspecified atom stereocenters. The minimum absolute atomic E-state index is 0.0764. The van der Waals surface area contributed by atoms with Gasteiger partial charge in [0.15, 0.2) is 0 Å². The summed E-state index contributed by atoms with van der Waals surface area (Å²) in [5.41, 5.74) is 0. The van der Waals surface area contributed by atoms with Crippen molar-refractivity contribution in [1.82, 2.24) is 4.90 Å². The Bertz CT molecular complexity index is 161. The molecule has 0 saturated heterocycles. The lowest BCUT2D eigenvalue weighted by Gasteiger charge is -2.19. The molecule has 4 heteroatoms. The zero-order valence-corrected chi connectivity index (χ0v) is 9.32. The quantitative estimate of drug-likeness (QED) is 0.617. The van der Waals surface area contributed by atoms with Crippen molar-refractivity contribution >= 4 is 5.97 Å². The molecule has 4 nitrogen and oxygen atoms in total. The third-order valence-corrected chi connectivity index (χ3v) is 2.05. The molecule has 0 amide bonds. The van der Waals surface area contributed by atoms with E-state index in [4.69, 9.17) is 0 Å². The van der Waals surface area contributed by atoms with E-state index in [0.717, 1.165) is 19.4 Å². The van der Waals surface area contributed by atoms with Gasteiger partial charge >= 0.3 is 5.97 Å². The van der Waals surface area contributed by atoms with Gasteiger partial charge in [-0.05, 0) is 20.0 Å². The number of hydrogen-bond acceptors (Lipinski definition) is 4. The molecule has 84 valence electrons. The van der Waals surface area contributed by atoms with Crippen molar-refractivity contribution in [3.8, 4) is 0 Å². The van der Waals surface area contributed by atoms with Gasteiger partial charge in [-0.15, -0.1) is 0 Å². The largest absolute Gasteiger partial charge is 0.469 e. The van der Waals surface area contributed by atoms with Gasteiger partial charge in [0.1, 0.15) is 0 Å². The zero-order valence-electron chi connectivity index (χ0n) is 9.32. The number of esters is 1. The lowest BCUT2D eigenvalue weighted by atomic mass is 10.2. The number of methoxy groups -OCH3 is 1. The van der Waals surface area contributed by atoms with Crippen LogP contribution in [0.3, 0.4) is 0 Å². The number of unbranched alkanes of at least 4 members (excludes halogenated alkanes) is 1. The Morgan fingerprint density at radius 2 is 2.21 bits per heavy atom. The molecule has 0 heterocycles. The van der Waals surface area contributed by atoms with E-state index in [9.17, 15) is 9.90 Å². The van der Waals surface area contributed by atoms with Crippen LogP contribution in [-0.4, -0.2) is 49.3 Å². The maximum Gasteiger partial charge on any atom is 0.308 e. The Morgan fingerprint density at radius 1 is 1.57 bits per heavy atom. The van der Waals surface area contributed by atoms with Gasteiger partial charge in [-0.2, -0.15) is 0 Å². The van der Waals surface area contributed by atoms with Gasteiger partial charge in [-0.3, -0.25) is 4.79 Å². The highest BCUT2D eigenvalue weighted by Crippen LogP contribution is 1.98. The number of carbonyl (C=O) groups excluding carboxylic acids is 1. The molecule has 0 aromatic heterocycles. The van der Waals surface area contributed by atoms with Crippen molar-refractivity contribution in [3.05, 3.63) is 0 Å². The van der Waals surface area contributed by atoms with Crippen LogP contribution < -0.4 is 0 Å². The second-order valence-electron chi connectivity index (χ2n) is 3.55. The summed E-state index contributed by atoms with van der Waals surface area (Å²) in [6, 6.07) is 0. The second kappa shape index (κ2) is 7.76. The van der Waals surface area contributed by atoms with Gasteiger partial charge in [-0.25, -0.2) is 0 Å². The maximum atomic E-state index is 10.8. The van der Waals surface area contributed by atoms with Crippen LogP contribution in [0.2, 0.25) is 0 Å². The molecule has 0 saturated carbocycles. The summed E-state index contributed by atoms with van der Waals surface area (Å²) in [4.78, 5) is 12.8. The predicted octanol–water partition coefficient (Wildman–Crippen LogP) is 0.642. The van der Waals surface area contributed by atoms with Gasteiger partial charge < -0.3 is 14.7 Å². The van der Waals surface area contributed by atoms with Crippen molar-refractivity contribution in [2.45, 2.75) is 32.3 Å². The molecule has 1 N–H and O–H groups in total. The number of ether oxygens (including phenoxy) is 1. The van der Waals surface area contributed by atoms with E-state index < -0.39 is 6.10 Å². The van der Waals surface area contributed by atoms with Crippen LogP contribution in [0.5, 0.6) is 0 Å². The SMILES string of the molecule is CCCCN(C)CC(O)CC(=O)OC. The molecule has 0 rings (SSSR count). The number of aliphatic hydroxyl groups excluding tert-OH is 1. The van der Waals surface area contributed by atoms with Crippen LogP contribution >= 0.6 is 0 Å². The van der Waals surface area contributed by atoms with E-state index >= 15 is 0 Å². The van der Waals surface area contributed by atoms with Gasteiger partial charge in [-0.1, -0.05) is 13.3 Å². The first-order valence-electron chi connectivity index (χ1n) is 5.03.